The fourth-order valence-corrected chi connectivity index (χ4v) is 4.82. The predicted molar refractivity (Wildman–Crippen MR) is 132 cm³/mol. The number of amides is 2. The average Bonchev–Trinajstić information content (AvgIpc) is 2.92. The van der Waals surface area contributed by atoms with E-state index in [0.717, 1.165) is 11.8 Å². The number of carbonyl (C=O) groups is 2. The lowest BCUT2D eigenvalue weighted by Gasteiger charge is -2.37. The SMILES string of the molecule is CC1COc2c(F)c(F)cc3c(=O)c(C(=O)N[C@@H](CO)C(=O)N4CCN(c5ccccc5)CC4)cn1c23. The molecule has 5 rings (SSSR count). The fourth-order valence-electron chi connectivity index (χ4n) is 4.82. The maximum absolute atomic E-state index is 14.3. The number of pyridine rings is 1. The first-order chi connectivity index (χ1) is 17.8. The minimum Gasteiger partial charge on any atom is -0.486 e. The van der Waals surface area contributed by atoms with Gasteiger partial charge < -0.3 is 29.5 Å². The number of hydrogen-bond acceptors (Lipinski definition) is 6. The Kier molecular flexibility index (Phi) is 6.55. The second kappa shape index (κ2) is 9.81. The van der Waals surface area contributed by atoms with E-state index in [-0.39, 0.29) is 34.9 Å². The zero-order chi connectivity index (χ0) is 26.3. The lowest BCUT2D eigenvalue weighted by Crippen LogP contribution is -2.56. The average molecular weight is 513 g/mol. The maximum Gasteiger partial charge on any atom is 0.257 e. The molecule has 37 heavy (non-hydrogen) atoms. The number of aromatic nitrogens is 1. The number of para-hydroxylation sites is 1. The van der Waals surface area contributed by atoms with Gasteiger partial charge in [-0.3, -0.25) is 14.4 Å². The van der Waals surface area contributed by atoms with Gasteiger partial charge >= 0.3 is 0 Å². The van der Waals surface area contributed by atoms with Crippen molar-refractivity contribution < 1.29 is 28.2 Å². The molecule has 0 spiro atoms. The summed E-state index contributed by atoms with van der Waals surface area (Å²) >= 11 is 0. The van der Waals surface area contributed by atoms with Crippen LogP contribution in [0, 0.1) is 11.6 Å². The van der Waals surface area contributed by atoms with Gasteiger partial charge in [0.25, 0.3) is 5.91 Å². The highest BCUT2D eigenvalue weighted by Crippen LogP contribution is 2.35. The number of halogens is 2. The Bertz CT molecular complexity index is 1420. The molecule has 9 nitrogen and oxygen atoms in total. The largest absolute Gasteiger partial charge is 0.486 e. The van der Waals surface area contributed by atoms with E-state index >= 15 is 0 Å². The van der Waals surface area contributed by atoms with E-state index < -0.39 is 41.5 Å². The van der Waals surface area contributed by atoms with Crippen molar-refractivity contribution in [3.63, 3.8) is 0 Å². The first-order valence-corrected chi connectivity index (χ1v) is 12.0. The second-order valence-corrected chi connectivity index (χ2v) is 9.19. The van der Waals surface area contributed by atoms with Crippen LogP contribution >= 0.6 is 0 Å². The molecule has 2 aliphatic heterocycles. The number of nitrogens with zero attached hydrogens (tertiary/aromatic N) is 3. The molecular weight excluding hydrogens is 486 g/mol. The molecule has 2 atom stereocenters. The lowest BCUT2D eigenvalue weighted by molar-refractivity contribution is -0.134. The van der Waals surface area contributed by atoms with Crippen LogP contribution in [0.25, 0.3) is 10.9 Å². The molecule has 2 N–H and O–H groups in total. The summed E-state index contributed by atoms with van der Waals surface area (Å²) in [5.41, 5.74) is -0.0766. The first kappa shape index (κ1) is 24.7. The van der Waals surface area contributed by atoms with E-state index in [9.17, 15) is 28.3 Å². The van der Waals surface area contributed by atoms with Gasteiger partial charge in [-0.05, 0) is 25.1 Å². The zero-order valence-corrected chi connectivity index (χ0v) is 20.1. The molecule has 1 unspecified atom stereocenters. The molecule has 0 aliphatic carbocycles. The Hall–Kier alpha value is -3.99. The fraction of sp³-hybridized carbons (Fsp3) is 0.346. The van der Waals surface area contributed by atoms with Gasteiger partial charge in [-0.2, -0.15) is 4.39 Å². The predicted octanol–water partition coefficient (Wildman–Crippen LogP) is 1.67. The number of hydrogen-bond donors (Lipinski definition) is 2. The zero-order valence-electron chi connectivity index (χ0n) is 20.1. The summed E-state index contributed by atoms with van der Waals surface area (Å²) in [6.07, 6.45) is 1.26. The molecular formula is C26H26F2N4O5. The van der Waals surface area contributed by atoms with Crippen molar-refractivity contribution in [3.05, 3.63) is 70.0 Å². The van der Waals surface area contributed by atoms with Gasteiger partial charge in [0.1, 0.15) is 18.2 Å². The summed E-state index contributed by atoms with van der Waals surface area (Å²) in [6.45, 7) is 3.05. The van der Waals surface area contributed by atoms with E-state index in [1.165, 1.54) is 10.8 Å². The minimum atomic E-state index is -1.27. The molecule has 2 aliphatic rings. The van der Waals surface area contributed by atoms with Crippen LogP contribution in [-0.4, -0.2) is 71.8 Å². The minimum absolute atomic E-state index is 0.0130. The molecule has 0 saturated carbocycles. The van der Waals surface area contributed by atoms with E-state index in [0.29, 0.717) is 26.2 Å². The van der Waals surface area contributed by atoms with Crippen molar-refractivity contribution in [1.82, 2.24) is 14.8 Å². The topological polar surface area (TPSA) is 104 Å². The highest BCUT2D eigenvalue weighted by Gasteiger charge is 2.31. The van der Waals surface area contributed by atoms with Gasteiger partial charge in [0.05, 0.1) is 23.6 Å². The number of aliphatic hydroxyl groups excluding tert-OH is 1. The molecule has 3 heterocycles. The Labute approximate surface area is 210 Å². The van der Waals surface area contributed by atoms with Gasteiger partial charge in [0.15, 0.2) is 11.6 Å². The Morgan fingerprint density at radius 2 is 1.86 bits per heavy atom. The van der Waals surface area contributed by atoms with Crippen LogP contribution in [0.2, 0.25) is 0 Å². The van der Waals surface area contributed by atoms with E-state index in [4.69, 9.17) is 4.74 Å². The van der Waals surface area contributed by atoms with Crippen molar-refractivity contribution in [2.75, 3.05) is 44.3 Å². The Balaban J connectivity index is 1.36. The third-order valence-electron chi connectivity index (χ3n) is 6.85. The van der Waals surface area contributed by atoms with Crippen LogP contribution in [0.4, 0.5) is 14.5 Å². The van der Waals surface area contributed by atoms with Crippen LogP contribution in [0.15, 0.2) is 47.4 Å². The molecule has 0 radical (unpaired) electrons. The lowest BCUT2D eigenvalue weighted by atomic mass is 10.1. The molecule has 0 bridgehead atoms. The number of anilines is 1. The smallest absolute Gasteiger partial charge is 0.257 e. The van der Waals surface area contributed by atoms with E-state index in [1.54, 1.807) is 11.8 Å². The summed E-state index contributed by atoms with van der Waals surface area (Å²) in [7, 11) is 0. The number of ether oxygens (including phenoxy) is 1. The highest BCUT2D eigenvalue weighted by molar-refractivity contribution is 6.00. The van der Waals surface area contributed by atoms with E-state index in [1.807, 2.05) is 30.3 Å². The third-order valence-corrected chi connectivity index (χ3v) is 6.85. The molecule has 194 valence electrons. The standard InChI is InChI=1S/C26H26F2N4O5/c1-15-14-37-24-21(28)19(27)11-17-22(24)32(15)12-18(23(17)34)25(35)29-20(13-33)26(36)31-9-7-30(8-10-31)16-5-3-2-4-6-16/h2-6,11-12,15,20,33H,7-10,13-14H2,1H3,(H,29,35)/t15?,20-/m0/s1. The quantitative estimate of drug-likeness (QED) is 0.539. The van der Waals surface area contributed by atoms with Crippen molar-refractivity contribution in [3.8, 4) is 5.75 Å². The number of benzene rings is 2. The highest BCUT2D eigenvalue weighted by atomic mass is 19.2. The monoisotopic (exact) mass is 512 g/mol. The molecule has 3 aromatic rings. The molecule has 11 heteroatoms. The summed E-state index contributed by atoms with van der Waals surface area (Å²) in [5, 5.41) is 12.1. The summed E-state index contributed by atoms with van der Waals surface area (Å²) in [4.78, 5) is 43.0. The Morgan fingerprint density at radius 3 is 2.54 bits per heavy atom. The number of nitrogens with one attached hydrogen (secondary N) is 1. The second-order valence-electron chi connectivity index (χ2n) is 9.19. The van der Waals surface area contributed by atoms with Gasteiger partial charge in [-0.15, -0.1) is 0 Å². The number of rotatable bonds is 5. The van der Waals surface area contributed by atoms with Crippen LogP contribution in [0.3, 0.4) is 0 Å². The first-order valence-electron chi connectivity index (χ1n) is 12.0. The van der Waals surface area contributed by atoms with E-state index in [2.05, 4.69) is 10.2 Å². The maximum atomic E-state index is 14.3. The summed E-state index contributed by atoms with van der Waals surface area (Å²) in [6, 6.07) is 8.87. The van der Waals surface area contributed by atoms with Crippen LogP contribution in [0.5, 0.6) is 5.75 Å². The summed E-state index contributed by atoms with van der Waals surface area (Å²) in [5.74, 6) is -4.21. The van der Waals surface area contributed by atoms with Crippen molar-refractivity contribution in [1.29, 1.82) is 0 Å². The molecule has 1 fully saturated rings. The number of carbonyl (C=O) groups excluding carboxylic acids is 2. The van der Waals surface area contributed by atoms with Crippen molar-refractivity contribution in [2.45, 2.75) is 19.0 Å². The Morgan fingerprint density at radius 1 is 1.16 bits per heavy atom. The van der Waals surface area contributed by atoms with Crippen LogP contribution in [0.1, 0.15) is 23.3 Å². The number of aliphatic hydroxyl groups is 1. The van der Waals surface area contributed by atoms with Gasteiger partial charge in [0.2, 0.25) is 17.2 Å². The summed E-state index contributed by atoms with van der Waals surface area (Å²) < 4.78 is 35.3. The van der Waals surface area contributed by atoms with Crippen molar-refractivity contribution in [2.24, 2.45) is 0 Å². The molecule has 1 saturated heterocycles. The molecule has 2 aromatic carbocycles. The third kappa shape index (κ3) is 4.39. The van der Waals surface area contributed by atoms with Crippen molar-refractivity contribution >= 4 is 28.4 Å². The van der Waals surface area contributed by atoms with Gasteiger partial charge in [-0.1, -0.05) is 18.2 Å². The van der Waals surface area contributed by atoms with Gasteiger partial charge in [0, 0.05) is 38.1 Å². The molecule has 1 aromatic heterocycles. The number of piperazine rings is 1. The van der Waals surface area contributed by atoms with Gasteiger partial charge in [-0.25, -0.2) is 4.39 Å². The normalized spacial score (nSPS) is 17.9. The van der Waals surface area contributed by atoms with Crippen LogP contribution < -0.4 is 20.4 Å². The van der Waals surface area contributed by atoms with Crippen LogP contribution in [-0.2, 0) is 4.79 Å². The molecule has 2 amide bonds.